The number of methoxy groups -OCH3 is 2. The predicted molar refractivity (Wildman–Crippen MR) is 107 cm³/mol. The van der Waals surface area contributed by atoms with Crippen LogP contribution in [0.3, 0.4) is 0 Å². The Morgan fingerprint density at radius 2 is 1.89 bits per heavy atom. The Balaban J connectivity index is 1.56. The second-order valence-corrected chi connectivity index (χ2v) is 7.13. The highest BCUT2D eigenvalue weighted by atomic mass is 16.5. The van der Waals surface area contributed by atoms with E-state index >= 15 is 0 Å². The molecule has 1 fully saturated rings. The Kier molecular flexibility index (Phi) is 5.30. The van der Waals surface area contributed by atoms with Crippen LogP contribution in [0.15, 0.2) is 48.5 Å². The van der Waals surface area contributed by atoms with Crippen LogP contribution in [0.25, 0.3) is 11.0 Å². The van der Waals surface area contributed by atoms with Crippen molar-refractivity contribution >= 4 is 16.9 Å². The molecule has 1 saturated heterocycles. The van der Waals surface area contributed by atoms with Crippen LogP contribution in [-0.4, -0.2) is 47.7 Å². The quantitative estimate of drug-likeness (QED) is 0.633. The van der Waals surface area contributed by atoms with Crippen molar-refractivity contribution in [3.63, 3.8) is 0 Å². The van der Waals surface area contributed by atoms with Crippen molar-refractivity contribution in [2.45, 2.75) is 25.4 Å². The van der Waals surface area contributed by atoms with Crippen LogP contribution in [-0.2, 0) is 22.6 Å². The van der Waals surface area contributed by atoms with Crippen LogP contribution in [0.2, 0.25) is 0 Å². The van der Waals surface area contributed by atoms with Crippen LogP contribution < -0.4 is 4.74 Å². The maximum Gasteiger partial charge on any atom is 0.223 e. The van der Waals surface area contributed by atoms with Gasteiger partial charge in [-0.25, -0.2) is 4.98 Å². The molecule has 6 heteroatoms. The zero-order valence-corrected chi connectivity index (χ0v) is 16.3. The summed E-state index contributed by atoms with van der Waals surface area (Å²) in [6.07, 6.45) is 0.493. The largest absolute Gasteiger partial charge is 0.497 e. The fraction of sp³-hybridized carbons (Fsp3) is 0.364. The number of fused-ring (bicyclic) bond motifs is 1. The number of carbonyl (C=O) groups is 1. The lowest BCUT2D eigenvalue weighted by molar-refractivity contribution is -0.128. The molecule has 0 spiro atoms. The van der Waals surface area contributed by atoms with Crippen LogP contribution in [0.5, 0.6) is 5.75 Å². The lowest BCUT2D eigenvalue weighted by Crippen LogP contribution is -2.24. The predicted octanol–water partition coefficient (Wildman–Crippen LogP) is 3.21. The summed E-state index contributed by atoms with van der Waals surface area (Å²) in [5, 5.41) is 0. The molecule has 146 valence electrons. The zero-order chi connectivity index (χ0) is 19.5. The molecule has 0 aliphatic carbocycles. The summed E-state index contributed by atoms with van der Waals surface area (Å²) < 4.78 is 12.7. The monoisotopic (exact) mass is 379 g/mol. The number of hydrogen-bond acceptors (Lipinski definition) is 4. The van der Waals surface area contributed by atoms with Crippen molar-refractivity contribution in [3.05, 3.63) is 59.9 Å². The van der Waals surface area contributed by atoms with E-state index in [0.717, 1.165) is 34.7 Å². The number of hydrogen-bond donors (Lipinski definition) is 0. The van der Waals surface area contributed by atoms with Crippen molar-refractivity contribution in [1.82, 2.24) is 14.5 Å². The van der Waals surface area contributed by atoms with Crippen LogP contribution in [0.4, 0.5) is 0 Å². The normalized spacial score (nSPS) is 16.9. The van der Waals surface area contributed by atoms with Gasteiger partial charge in [0.15, 0.2) is 0 Å². The van der Waals surface area contributed by atoms with E-state index in [0.29, 0.717) is 26.1 Å². The van der Waals surface area contributed by atoms with E-state index in [1.165, 1.54) is 0 Å². The molecule has 0 saturated carbocycles. The second kappa shape index (κ2) is 8.02. The van der Waals surface area contributed by atoms with Crippen molar-refractivity contribution < 1.29 is 14.3 Å². The minimum Gasteiger partial charge on any atom is -0.497 e. The fourth-order valence-corrected chi connectivity index (χ4v) is 3.87. The first-order valence-electron chi connectivity index (χ1n) is 9.54. The lowest BCUT2D eigenvalue weighted by Gasteiger charge is -2.17. The molecule has 0 N–H and O–H groups in total. The van der Waals surface area contributed by atoms with Gasteiger partial charge < -0.3 is 18.9 Å². The second-order valence-electron chi connectivity index (χ2n) is 7.13. The molecule has 1 aliphatic rings. The van der Waals surface area contributed by atoms with Gasteiger partial charge in [-0.3, -0.25) is 4.79 Å². The highest BCUT2D eigenvalue weighted by molar-refractivity contribution is 5.81. The number of aromatic nitrogens is 2. The first-order chi connectivity index (χ1) is 13.7. The van der Waals surface area contributed by atoms with Gasteiger partial charge in [-0.1, -0.05) is 24.3 Å². The fourth-order valence-electron chi connectivity index (χ4n) is 3.87. The highest BCUT2D eigenvalue weighted by Crippen LogP contribution is 2.31. The molecular formula is C22H25N3O3. The average molecular weight is 379 g/mol. The van der Waals surface area contributed by atoms with E-state index in [4.69, 9.17) is 14.5 Å². The Morgan fingerprint density at radius 1 is 1.11 bits per heavy atom. The standard InChI is InChI=1S/C22H25N3O3/c1-27-12-11-25-20-6-4-3-5-19(20)23-22(25)17-13-21(26)24(15-17)14-16-7-9-18(28-2)10-8-16/h3-10,17H,11-15H2,1-2H3/t17-/m0/s1. The molecule has 6 nitrogen and oxygen atoms in total. The molecule has 2 heterocycles. The summed E-state index contributed by atoms with van der Waals surface area (Å²) in [7, 11) is 3.35. The topological polar surface area (TPSA) is 56.6 Å². The van der Waals surface area contributed by atoms with E-state index in [1.807, 2.05) is 47.4 Å². The SMILES string of the molecule is COCCn1c([C@H]2CC(=O)N(Cc3ccc(OC)cc3)C2)nc2ccccc21. The molecule has 1 amide bonds. The molecule has 1 aromatic heterocycles. The maximum atomic E-state index is 12.7. The number of nitrogens with zero attached hydrogens (tertiary/aromatic N) is 3. The summed E-state index contributed by atoms with van der Waals surface area (Å²) in [5.74, 6) is 2.06. The van der Waals surface area contributed by atoms with E-state index in [2.05, 4.69) is 10.6 Å². The zero-order valence-electron chi connectivity index (χ0n) is 16.3. The Morgan fingerprint density at radius 3 is 2.64 bits per heavy atom. The third-order valence-electron chi connectivity index (χ3n) is 5.32. The molecule has 0 radical (unpaired) electrons. The lowest BCUT2D eigenvalue weighted by atomic mass is 10.1. The van der Waals surface area contributed by atoms with Crippen LogP contribution >= 0.6 is 0 Å². The number of carbonyl (C=O) groups excluding carboxylic acids is 1. The summed E-state index contributed by atoms with van der Waals surface area (Å²) in [6.45, 7) is 2.64. The number of benzene rings is 2. The van der Waals surface area contributed by atoms with E-state index in [9.17, 15) is 4.79 Å². The van der Waals surface area contributed by atoms with E-state index in [-0.39, 0.29) is 11.8 Å². The molecular weight excluding hydrogens is 354 g/mol. The first kappa shape index (κ1) is 18.5. The molecule has 1 aliphatic heterocycles. The number of para-hydroxylation sites is 2. The highest BCUT2D eigenvalue weighted by Gasteiger charge is 2.33. The van der Waals surface area contributed by atoms with Crippen molar-refractivity contribution in [1.29, 1.82) is 0 Å². The minimum absolute atomic E-state index is 0.0926. The average Bonchev–Trinajstić information content (AvgIpc) is 3.27. The molecule has 3 aromatic rings. The van der Waals surface area contributed by atoms with Gasteiger partial charge in [-0.05, 0) is 29.8 Å². The molecule has 1 atom stereocenters. The summed E-state index contributed by atoms with van der Waals surface area (Å²) in [6, 6.07) is 16.0. The van der Waals surface area contributed by atoms with Gasteiger partial charge >= 0.3 is 0 Å². The van der Waals surface area contributed by atoms with Crippen molar-refractivity contribution in [3.8, 4) is 5.75 Å². The third-order valence-corrected chi connectivity index (χ3v) is 5.32. The van der Waals surface area contributed by atoms with Crippen LogP contribution in [0.1, 0.15) is 23.7 Å². The maximum absolute atomic E-state index is 12.7. The summed E-state index contributed by atoms with van der Waals surface area (Å²) in [5.41, 5.74) is 3.16. The Hall–Kier alpha value is -2.86. The van der Waals surface area contributed by atoms with Gasteiger partial charge in [0.25, 0.3) is 0 Å². The van der Waals surface area contributed by atoms with Gasteiger partial charge in [0.1, 0.15) is 11.6 Å². The first-order valence-corrected chi connectivity index (χ1v) is 9.54. The molecule has 0 bridgehead atoms. The Bertz CT molecular complexity index is 965. The number of ether oxygens (including phenoxy) is 2. The number of rotatable bonds is 7. The van der Waals surface area contributed by atoms with Crippen LogP contribution in [0, 0.1) is 0 Å². The number of imidazole rings is 1. The smallest absolute Gasteiger partial charge is 0.223 e. The van der Waals surface area contributed by atoms with Gasteiger partial charge in [-0.15, -0.1) is 0 Å². The van der Waals surface area contributed by atoms with Crippen molar-refractivity contribution in [2.75, 3.05) is 27.4 Å². The van der Waals surface area contributed by atoms with Crippen molar-refractivity contribution in [2.24, 2.45) is 0 Å². The molecule has 4 rings (SSSR count). The Labute approximate surface area is 164 Å². The minimum atomic E-state index is 0.0926. The summed E-state index contributed by atoms with van der Waals surface area (Å²) in [4.78, 5) is 19.4. The van der Waals surface area contributed by atoms with Gasteiger partial charge in [0.05, 0.1) is 24.8 Å². The molecule has 0 unspecified atom stereocenters. The third kappa shape index (κ3) is 3.60. The number of amides is 1. The summed E-state index contributed by atoms with van der Waals surface area (Å²) >= 11 is 0. The molecule has 2 aromatic carbocycles. The van der Waals surface area contributed by atoms with E-state index < -0.39 is 0 Å². The number of likely N-dealkylation sites (tertiary alicyclic amines) is 1. The van der Waals surface area contributed by atoms with Gasteiger partial charge in [0, 0.05) is 39.1 Å². The molecule has 28 heavy (non-hydrogen) atoms. The van der Waals surface area contributed by atoms with Gasteiger partial charge in [0.2, 0.25) is 5.91 Å². The van der Waals surface area contributed by atoms with Gasteiger partial charge in [-0.2, -0.15) is 0 Å². The van der Waals surface area contributed by atoms with E-state index in [1.54, 1.807) is 14.2 Å².